The number of aliphatic hydroxyl groups is 1. The number of benzene rings is 2. The van der Waals surface area contributed by atoms with Crippen LogP contribution in [0.15, 0.2) is 42.5 Å². The van der Waals surface area contributed by atoms with E-state index in [0.29, 0.717) is 11.3 Å². The average molecular weight is 369 g/mol. The van der Waals surface area contributed by atoms with Gasteiger partial charge in [0.2, 0.25) is 0 Å². The molecule has 0 saturated carbocycles. The highest BCUT2D eigenvalue weighted by Gasteiger charge is 2.32. The van der Waals surface area contributed by atoms with Crippen molar-refractivity contribution in [1.29, 1.82) is 0 Å². The Balaban J connectivity index is 1.82. The Kier molecular flexibility index (Phi) is 4.86. The van der Waals surface area contributed by atoms with E-state index in [9.17, 15) is 27.5 Å². The first-order valence-electron chi connectivity index (χ1n) is 7.81. The van der Waals surface area contributed by atoms with Crippen LogP contribution in [0.5, 0.6) is 5.75 Å². The maximum Gasteiger partial charge on any atom is 0.416 e. The number of fused-ring (bicyclic) bond motifs is 1. The van der Waals surface area contributed by atoms with Crippen molar-refractivity contribution in [2.45, 2.75) is 18.8 Å². The molecular formula is C18H15F4NO3. The molecule has 0 aliphatic carbocycles. The zero-order chi connectivity index (χ0) is 18.9. The predicted octanol–water partition coefficient (Wildman–Crippen LogP) is 3.30. The number of amides is 1. The van der Waals surface area contributed by atoms with Gasteiger partial charge < -0.3 is 14.7 Å². The number of carbonyl (C=O) groups excluding carboxylic acids is 1. The summed E-state index contributed by atoms with van der Waals surface area (Å²) in [6, 6.07) is 7.88. The van der Waals surface area contributed by atoms with Crippen LogP contribution in [0.2, 0.25) is 0 Å². The highest BCUT2D eigenvalue weighted by Crippen LogP contribution is 2.31. The molecule has 0 saturated heterocycles. The second-order valence-corrected chi connectivity index (χ2v) is 5.89. The monoisotopic (exact) mass is 369 g/mol. The van der Waals surface area contributed by atoms with E-state index >= 15 is 0 Å². The molecule has 0 radical (unpaired) electrons. The van der Waals surface area contributed by atoms with Gasteiger partial charge in [-0.1, -0.05) is 12.1 Å². The van der Waals surface area contributed by atoms with Crippen molar-refractivity contribution >= 4 is 5.91 Å². The molecule has 1 aliphatic rings. The summed E-state index contributed by atoms with van der Waals surface area (Å²) in [5, 5.41) is 10.3. The number of aliphatic hydroxyl groups excluding tert-OH is 1. The number of hydrogen-bond donors (Lipinski definition) is 1. The Hall–Kier alpha value is -2.61. The van der Waals surface area contributed by atoms with Crippen molar-refractivity contribution in [3.8, 4) is 5.75 Å². The van der Waals surface area contributed by atoms with Gasteiger partial charge in [0.05, 0.1) is 12.1 Å². The molecule has 0 spiro atoms. The van der Waals surface area contributed by atoms with Crippen LogP contribution >= 0.6 is 0 Å². The molecule has 2 aromatic rings. The third kappa shape index (κ3) is 3.80. The Labute approximate surface area is 146 Å². The average Bonchev–Trinajstić information content (AvgIpc) is 2.81. The fourth-order valence-corrected chi connectivity index (χ4v) is 2.75. The number of hydrogen-bond acceptors (Lipinski definition) is 3. The molecular weight excluding hydrogens is 354 g/mol. The Morgan fingerprint density at radius 1 is 1.19 bits per heavy atom. The maximum absolute atomic E-state index is 13.4. The zero-order valence-electron chi connectivity index (χ0n) is 13.5. The first-order valence-corrected chi connectivity index (χ1v) is 7.81. The van der Waals surface area contributed by atoms with Gasteiger partial charge in [0, 0.05) is 12.1 Å². The molecule has 0 bridgehead atoms. The van der Waals surface area contributed by atoms with E-state index in [2.05, 4.69) is 0 Å². The SMILES string of the molecule is O=C(C(O)c1cccc(C(F)(F)F)c1)N1CCOc2ccc(F)cc2C1. The number of carbonyl (C=O) groups is 1. The zero-order valence-corrected chi connectivity index (χ0v) is 13.5. The number of halogens is 4. The van der Waals surface area contributed by atoms with E-state index in [1.54, 1.807) is 0 Å². The third-order valence-corrected chi connectivity index (χ3v) is 4.08. The summed E-state index contributed by atoms with van der Waals surface area (Å²) in [7, 11) is 0. The summed E-state index contributed by atoms with van der Waals surface area (Å²) in [4.78, 5) is 13.8. The molecule has 138 valence electrons. The molecule has 2 aromatic carbocycles. The quantitative estimate of drug-likeness (QED) is 0.827. The molecule has 3 rings (SSSR count). The lowest BCUT2D eigenvalue weighted by atomic mass is 10.0. The molecule has 1 unspecified atom stereocenters. The fraction of sp³-hybridized carbons (Fsp3) is 0.278. The van der Waals surface area contributed by atoms with Crippen LogP contribution in [0.4, 0.5) is 17.6 Å². The van der Waals surface area contributed by atoms with Gasteiger partial charge in [-0.2, -0.15) is 13.2 Å². The molecule has 1 aliphatic heterocycles. The van der Waals surface area contributed by atoms with E-state index in [0.717, 1.165) is 18.2 Å². The summed E-state index contributed by atoms with van der Waals surface area (Å²) >= 11 is 0. The van der Waals surface area contributed by atoms with E-state index in [1.807, 2.05) is 0 Å². The van der Waals surface area contributed by atoms with Crippen molar-refractivity contribution < 1.29 is 32.2 Å². The van der Waals surface area contributed by atoms with Crippen LogP contribution in [0.25, 0.3) is 0 Å². The second-order valence-electron chi connectivity index (χ2n) is 5.89. The molecule has 26 heavy (non-hydrogen) atoms. The molecule has 1 heterocycles. The second kappa shape index (κ2) is 6.95. The van der Waals surface area contributed by atoms with Gasteiger partial charge in [0.15, 0.2) is 6.10 Å². The number of alkyl halides is 3. The number of ether oxygens (including phenoxy) is 1. The lowest BCUT2D eigenvalue weighted by Crippen LogP contribution is -2.36. The van der Waals surface area contributed by atoms with Crippen LogP contribution < -0.4 is 4.74 Å². The third-order valence-electron chi connectivity index (χ3n) is 4.08. The fourth-order valence-electron chi connectivity index (χ4n) is 2.75. The summed E-state index contributed by atoms with van der Waals surface area (Å²) in [5.74, 6) is -0.847. The Morgan fingerprint density at radius 2 is 1.96 bits per heavy atom. The molecule has 0 aromatic heterocycles. The highest BCUT2D eigenvalue weighted by atomic mass is 19.4. The van der Waals surface area contributed by atoms with Crippen molar-refractivity contribution in [3.05, 3.63) is 65.0 Å². The van der Waals surface area contributed by atoms with Gasteiger partial charge in [-0.15, -0.1) is 0 Å². The van der Waals surface area contributed by atoms with E-state index in [-0.39, 0.29) is 25.3 Å². The Morgan fingerprint density at radius 3 is 2.69 bits per heavy atom. The summed E-state index contributed by atoms with van der Waals surface area (Å²) in [5.41, 5.74) is -0.685. The standard InChI is InChI=1S/C18H15F4NO3/c19-14-4-5-15-12(9-14)10-23(6-7-26-15)17(25)16(24)11-2-1-3-13(8-11)18(20,21)22/h1-5,8-9,16,24H,6-7,10H2. The van der Waals surface area contributed by atoms with Crippen molar-refractivity contribution in [1.82, 2.24) is 4.90 Å². The smallest absolute Gasteiger partial charge is 0.416 e. The van der Waals surface area contributed by atoms with Crippen LogP contribution in [0.1, 0.15) is 22.8 Å². The van der Waals surface area contributed by atoms with E-state index in [4.69, 9.17) is 4.74 Å². The van der Waals surface area contributed by atoms with Gasteiger partial charge >= 0.3 is 6.18 Å². The van der Waals surface area contributed by atoms with Gasteiger partial charge in [0.1, 0.15) is 18.2 Å². The van der Waals surface area contributed by atoms with Gasteiger partial charge in [-0.3, -0.25) is 4.79 Å². The molecule has 8 heteroatoms. The van der Waals surface area contributed by atoms with Crippen molar-refractivity contribution in [3.63, 3.8) is 0 Å². The molecule has 1 amide bonds. The molecule has 4 nitrogen and oxygen atoms in total. The molecule has 1 N–H and O–H groups in total. The molecule has 1 atom stereocenters. The first-order chi connectivity index (χ1) is 12.3. The predicted molar refractivity (Wildman–Crippen MR) is 83.7 cm³/mol. The van der Waals surface area contributed by atoms with Crippen LogP contribution in [-0.4, -0.2) is 29.1 Å². The minimum atomic E-state index is -4.58. The van der Waals surface area contributed by atoms with Crippen molar-refractivity contribution in [2.75, 3.05) is 13.2 Å². The number of nitrogens with zero attached hydrogens (tertiary/aromatic N) is 1. The lowest BCUT2D eigenvalue weighted by Gasteiger charge is -2.23. The van der Waals surface area contributed by atoms with Gasteiger partial charge in [-0.05, 0) is 35.9 Å². The summed E-state index contributed by atoms with van der Waals surface area (Å²) < 4.78 is 57.3. The van der Waals surface area contributed by atoms with E-state index < -0.39 is 29.6 Å². The summed E-state index contributed by atoms with van der Waals surface area (Å²) in [6.45, 7) is 0.229. The maximum atomic E-state index is 13.4. The van der Waals surface area contributed by atoms with Gasteiger partial charge in [0.25, 0.3) is 5.91 Å². The topological polar surface area (TPSA) is 49.8 Å². The van der Waals surface area contributed by atoms with Crippen molar-refractivity contribution in [2.24, 2.45) is 0 Å². The van der Waals surface area contributed by atoms with Crippen LogP contribution in [0, 0.1) is 5.82 Å². The highest BCUT2D eigenvalue weighted by molar-refractivity contribution is 5.82. The largest absolute Gasteiger partial charge is 0.491 e. The Bertz CT molecular complexity index is 822. The minimum absolute atomic E-state index is 0.0120. The van der Waals surface area contributed by atoms with E-state index in [1.165, 1.54) is 29.2 Å². The van der Waals surface area contributed by atoms with Crippen LogP contribution in [0.3, 0.4) is 0 Å². The summed E-state index contributed by atoms with van der Waals surface area (Å²) in [6.07, 6.45) is -6.33. The minimum Gasteiger partial charge on any atom is -0.491 e. The molecule has 0 fully saturated rings. The van der Waals surface area contributed by atoms with Gasteiger partial charge in [-0.25, -0.2) is 4.39 Å². The number of rotatable bonds is 2. The first kappa shape index (κ1) is 18.2. The normalized spacial score (nSPS) is 15.7. The lowest BCUT2D eigenvalue weighted by molar-refractivity contribution is -0.142. The van der Waals surface area contributed by atoms with Crippen LogP contribution in [-0.2, 0) is 17.5 Å².